The summed E-state index contributed by atoms with van der Waals surface area (Å²) in [4.78, 5) is 0. The molecule has 2 N–H and O–H groups in total. The molecule has 0 aliphatic carbocycles. The molecule has 0 unspecified atom stereocenters. The van der Waals surface area contributed by atoms with Gasteiger partial charge in [-0.3, -0.25) is 0 Å². The Balaban J connectivity index is 2.41. The molecular formula is C9H11NO. The lowest BCUT2D eigenvalue weighted by molar-refractivity contribution is 0.356. The minimum atomic E-state index is 0.594. The molecule has 0 saturated carbocycles. The summed E-state index contributed by atoms with van der Waals surface area (Å²) in [5, 5.41) is 0. The summed E-state index contributed by atoms with van der Waals surface area (Å²) in [6.45, 7) is 1.42. The number of fused-ring (bicyclic) bond motifs is 1. The molecule has 1 heterocycles. The fraction of sp³-hybridized carbons (Fsp3) is 0.333. The van der Waals surface area contributed by atoms with Gasteiger partial charge in [0.15, 0.2) is 0 Å². The van der Waals surface area contributed by atoms with E-state index in [4.69, 9.17) is 10.5 Å². The van der Waals surface area contributed by atoms with Crippen LogP contribution in [0.3, 0.4) is 0 Å². The van der Waals surface area contributed by atoms with Gasteiger partial charge in [0, 0.05) is 13.0 Å². The number of ether oxygens (including phenoxy) is 1. The van der Waals surface area contributed by atoms with E-state index in [9.17, 15) is 0 Å². The van der Waals surface area contributed by atoms with Crippen molar-refractivity contribution in [2.24, 2.45) is 5.73 Å². The van der Waals surface area contributed by atoms with E-state index >= 15 is 0 Å². The van der Waals surface area contributed by atoms with Gasteiger partial charge in [0.1, 0.15) is 5.75 Å². The predicted molar refractivity (Wildman–Crippen MR) is 43.5 cm³/mol. The van der Waals surface area contributed by atoms with E-state index in [0.717, 1.165) is 24.3 Å². The van der Waals surface area contributed by atoms with Crippen LogP contribution in [0.25, 0.3) is 0 Å². The van der Waals surface area contributed by atoms with Gasteiger partial charge in [0.05, 0.1) is 6.61 Å². The van der Waals surface area contributed by atoms with Gasteiger partial charge in [0.25, 0.3) is 0 Å². The minimum absolute atomic E-state index is 0.594. The van der Waals surface area contributed by atoms with Crippen molar-refractivity contribution in [3.63, 3.8) is 0 Å². The van der Waals surface area contributed by atoms with Crippen molar-refractivity contribution in [3.05, 3.63) is 29.3 Å². The molecule has 0 radical (unpaired) electrons. The second kappa shape index (κ2) is 2.55. The Kier molecular flexibility index (Phi) is 1.55. The van der Waals surface area contributed by atoms with Crippen LogP contribution >= 0.6 is 0 Å². The summed E-state index contributed by atoms with van der Waals surface area (Å²) in [5.74, 6) is 1.02. The summed E-state index contributed by atoms with van der Waals surface area (Å²) in [5.41, 5.74) is 7.94. The highest BCUT2D eigenvalue weighted by Crippen LogP contribution is 2.25. The first-order valence-electron chi connectivity index (χ1n) is 3.85. The molecule has 2 heteroatoms. The summed E-state index contributed by atoms with van der Waals surface area (Å²) in [7, 11) is 0. The Hall–Kier alpha value is -1.02. The molecule has 2 nitrogen and oxygen atoms in total. The maximum atomic E-state index is 5.49. The third-order valence-corrected chi connectivity index (χ3v) is 2.00. The summed E-state index contributed by atoms with van der Waals surface area (Å²) in [6, 6.07) is 6.19. The number of hydrogen-bond acceptors (Lipinski definition) is 2. The maximum Gasteiger partial charge on any atom is 0.122 e. The lowest BCUT2D eigenvalue weighted by atomic mass is 10.1. The van der Waals surface area contributed by atoms with Gasteiger partial charge in [-0.25, -0.2) is 0 Å². The molecule has 58 valence electrons. The van der Waals surface area contributed by atoms with Gasteiger partial charge >= 0.3 is 0 Å². The number of benzene rings is 1. The normalized spacial score (nSPS) is 14.3. The SMILES string of the molecule is NCc1ccc2c(c1)OCC2. The van der Waals surface area contributed by atoms with Gasteiger partial charge in [-0.05, 0) is 17.2 Å². The first-order valence-corrected chi connectivity index (χ1v) is 3.85. The average Bonchev–Trinajstić information content (AvgIpc) is 2.50. The number of rotatable bonds is 1. The zero-order valence-corrected chi connectivity index (χ0v) is 6.34. The molecule has 1 aromatic carbocycles. The third-order valence-electron chi connectivity index (χ3n) is 2.00. The molecule has 0 atom stereocenters. The fourth-order valence-corrected chi connectivity index (χ4v) is 1.34. The standard InChI is InChI=1S/C9H11NO/c10-6-7-1-2-8-3-4-11-9(8)5-7/h1-2,5H,3-4,6,10H2. The van der Waals surface area contributed by atoms with Gasteiger partial charge in [-0.2, -0.15) is 0 Å². The van der Waals surface area contributed by atoms with E-state index in [1.165, 1.54) is 5.56 Å². The Labute approximate surface area is 66.0 Å². The molecule has 0 amide bonds. The van der Waals surface area contributed by atoms with Crippen molar-refractivity contribution in [3.8, 4) is 5.75 Å². The van der Waals surface area contributed by atoms with Crippen molar-refractivity contribution < 1.29 is 4.74 Å². The second-order valence-corrected chi connectivity index (χ2v) is 2.74. The molecule has 1 aliphatic rings. The van der Waals surface area contributed by atoms with Crippen molar-refractivity contribution in [2.45, 2.75) is 13.0 Å². The van der Waals surface area contributed by atoms with E-state index in [0.29, 0.717) is 6.54 Å². The molecule has 0 saturated heterocycles. The summed E-state index contributed by atoms with van der Waals surface area (Å²) in [6.07, 6.45) is 1.04. The van der Waals surface area contributed by atoms with Crippen LogP contribution in [0.5, 0.6) is 5.75 Å². The van der Waals surface area contributed by atoms with Gasteiger partial charge in [0.2, 0.25) is 0 Å². The van der Waals surface area contributed by atoms with Crippen LogP contribution < -0.4 is 10.5 Å². The van der Waals surface area contributed by atoms with Crippen LogP contribution in [-0.4, -0.2) is 6.61 Å². The molecular weight excluding hydrogens is 138 g/mol. The van der Waals surface area contributed by atoms with Crippen molar-refractivity contribution >= 4 is 0 Å². The summed E-state index contributed by atoms with van der Waals surface area (Å²) < 4.78 is 5.39. The van der Waals surface area contributed by atoms with Gasteiger partial charge in [-0.15, -0.1) is 0 Å². The highest BCUT2D eigenvalue weighted by molar-refractivity contribution is 5.39. The Morgan fingerprint density at radius 1 is 1.45 bits per heavy atom. The van der Waals surface area contributed by atoms with Crippen LogP contribution in [0.15, 0.2) is 18.2 Å². The summed E-state index contributed by atoms with van der Waals surface area (Å²) >= 11 is 0. The van der Waals surface area contributed by atoms with Crippen LogP contribution in [0.4, 0.5) is 0 Å². The highest BCUT2D eigenvalue weighted by Gasteiger charge is 2.10. The van der Waals surface area contributed by atoms with Crippen LogP contribution in [0.1, 0.15) is 11.1 Å². The topological polar surface area (TPSA) is 35.2 Å². The first-order chi connectivity index (χ1) is 5.40. The van der Waals surface area contributed by atoms with Crippen LogP contribution in [-0.2, 0) is 13.0 Å². The Bertz CT molecular complexity index is 270. The predicted octanol–water partition coefficient (Wildman–Crippen LogP) is 1.08. The van der Waals surface area contributed by atoms with E-state index in [1.807, 2.05) is 6.07 Å². The lowest BCUT2D eigenvalue weighted by Crippen LogP contribution is -1.95. The lowest BCUT2D eigenvalue weighted by Gasteiger charge is -2.00. The maximum absolute atomic E-state index is 5.49. The fourth-order valence-electron chi connectivity index (χ4n) is 1.34. The largest absolute Gasteiger partial charge is 0.493 e. The molecule has 11 heavy (non-hydrogen) atoms. The van der Waals surface area contributed by atoms with Crippen LogP contribution in [0.2, 0.25) is 0 Å². The minimum Gasteiger partial charge on any atom is -0.493 e. The Morgan fingerprint density at radius 2 is 2.36 bits per heavy atom. The number of hydrogen-bond donors (Lipinski definition) is 1. The smallest absolute Gasteiger partial charge is 0.122 e. The molecule has 1 aliphatic heterocycles. The number of nitrogens with two attached hydrogens (primary N) is 1. The zero-order chi connectivity index (χ0) is 7.68. The highest BCUT2D eigenvalue weighted by atomic mass is 16.5. The zero-order valence-electron chi connectivity index (χ0n) is 6.34. The molecule has 0 aromatic heterocycles. The van der Waals surface area contributed by atoms with Gasteiger partial charge < -0.3 is 10.5 Å². The van der Waals surface area contributed by atoms with Crippen LogP contribution in [0, 0.1) is 0 Å². The van der Waals surface area contributed by atoms with E-state index in [2.05, 4.69) is 12.1 Å². The molecule has 0 fully saturated rings. The van der Waals surface area contributed by atoms with E-state index in [-0.39, 0.29) is 0 Å². The second-order valence-electron chi connectivity index (χ2n) is 2.74. The average molecular weight is 149 g/mol. The van der Waals surface area contributed by atoms with Crippen molar-refractivity contribution in [1.29, 1.82) is 0 Å². The van der Waals surface area contributed by atoms with E-state index < -0.39 is 0 Å². The third kappa shape index (κ3) is 1.10. The van der Waals surface area contributed by atoms with Crippen molar-refractivity contribution in [1.82, 2.24) is 0 Å². The van der Waals surface area contributed by atoms with E-state index in [1.54, 1.807) is 0 Å². The molecule has 0 bridgehead atoms. The van der Waals surface area contributed by atoms with Gasteiger partial charge in [-0.1, -0.05) is 12.1 Å². The quantitative estimate of drug-likeness (QED) is 0.648. The molecule has 1 aromatic rings. The molecule has 2 rings (SSSR count). The first kappa shape index (κ1) is 6.68. The molecule has 0 spiro atoms. The Morgan fingerprint density at radius 3 is 3.18 bits per heavy atom. The monoisotopic (exact) mass is 149 g/mol. The van der Waals surface area contributed by atoms with Crippen molar-refractivity contribution in [2.75, 3.05) is 6.61 Å².